The molecule has 3 heteroatoms. The number of rotatable bonds is 6. The molecule has 0 amide bonds. The maximum absolute atomic E-state index is 11.6. The molecule has 2 aromatic carbocycles. The first-order chi connectivity index (χ1) is 12.8. The minimum Gasteiger partial charge on any atom is -0.466 e. The highest BCUT2D eigenvalue weighted by Gasteiger charge is 2.19. The SMILES string of the molecule is CCOC(=O)CCN1CCC(=C(c2ccccc2)c2ccccc2)CC1. The van der Waals surface area contributed by atoms with E-state index in [4.69, 9.17) is 4.74 Å². The summed E-state index contributed by atoms with van der Waals surface area (Å²) in [6.45, 7) is 5.10. The number of esters is 1. The highest BCUT2D eigenvalue weighted by Crippen LogP contribution is 2.32. The van der Waals surface area contributed by atoms with Gasteiger partial charge in [-0.15, -0.1) is 0 Å². The Hall–Kier alpha value is -2.39. The smallest absolute Gasteiger partial charge is 0.307 e. The molecule has 0 aromatic heterocycles. The average molecular weight is 349 g/mol. The van der Waals surface area contributed by atoms with Gasteiger partial charge in [0.15, 0.2) is 0 Å². The summed E-state index contributed by atoms with van der Waals surface area (Å²) in [5, 5.41) is 0. The van der Waals surface area contributed by atoms with Gasteiger partial charge in [-0.05, 0) is 36.5 Å². The molecule has 3 rings (SSSR count). The molecule has 1 aliphatic rings. The van der Waals surface area contributed by atoms with E-state index in [0.717, 1.165) is 32.5 Å². The molecule has 0 atom stereocenters. The molecule has 1 saturated heterocycles. The third-order valence-electron chi connectivity index (χ3n) is 4.88. The summed E-state index contributed by atoms with van der Waals surface area (Å²) in [7, 11) is 0. The van der Waals surface area contributed by atoms with Gasteiger partial charge >= 0.3 is 5.97 Å². The Morgan fingerprint density at radius 2 is 1.46 bits per heavy atom. The minimum absolute atomic E-state index is 0.0944. The van der Waals surface area contributed by atoms with Gasteiger partial charge in [0.1, 0.15) is 0 Å². The fourth-order valence-electron chi connectivity index (χ4n) is 3.56. The van der Waals surface area contributed by atoms with Crippen molar-refractivity contribution in [3.63, 3.8) is 0 Å². The molecule has 26 heavy (non-hydrogen) atoms. The molecular weight excluding hydrogens is 322 g/mol. The largest absolute Gasteiger partial charge is 0.466 e. The van der Waals surface area contributed by atoms with Crippen molar-refractivity contribution < 1.29 is 9.53 Å². The zero-order valence-electron chi connectivity index (χ0n) is 15.5. The van der Waals surface area contributed by atoms with Crippen LogP contribution in [-0.4, -0.2) is 37.1 Å². The van der Waals surface area contributed by atoms with Crippen LogP contribution in [0, 0.1) is 0 Å². The number of likely N-dealkylation sites (tertiary alicyclic amines) is 1. The van der Waals surface area contributed by atoms with Crippen LogP contribution < -0.4 is 0 Å². The first-order valence-electron chi connectivity index (χ1n) is 9.48. The number of hydrogen-bond acceptors (Lipinski definition) is 3. The number of hydrogen-bond donors (Lipinski definition) is 0. The zero-order valence-corrected chi connectivity index (χ0v) is 15.5. The van der Waals surface area contributed by atoms with Gasteiger partial charge in [-0.1, -0.05) is 66.2 Å². The third kappa shape index (κ3) is 4.83. The van der Waals surface area contributed by atoms with Gasteiger partial charge in [0.05, 0.1) is 13.0 Å². The summed E-state index contributed by atoms with van der Waals surface area (Å²) in [5.74, 6) is -0.0944. The Bertz CT molecular complexity index is 686. The number of carbonyl (C=O) groups is 1. The van der Waals surface area contributed by atoms with E-state index in [1.807, 2.05) is 6.92 Å². The molecule has 0 N–H and O–H groups in total. The normalized spacial score (nSPS) is 14.9. The molecule has 1 heterocycles. The Balaban J connectivity index is 1.74. The van der Waals surface area contributed by atoms with Crippen molar-refractivity contribution in [1.29, 1.82) is 0 Å². The maximum atomic E-state index is 11.6. The second-order valence-corrected chi connectivity index (χ2v) is 6.61. The van der Waals surface area contributed by atoms with E-state index in [2.05, 4.69) is 65.6 Å². The van der Waals surface area contributed by atoms with Crippen LogP contribution in [-0.2, 0) is 9.53 Å². The van der Waals surface area contributed by atoms with Gasteiger partial charge in [-0.2, -0.15) is 0 Å². The van der Waals surface area contributed by atoms with Crippen LogP contribution in [0.5, 0.6) is 0 Å². The maximum Gasteiger partial charge on any atom is 0.307 e. The van der Waals surface area contributed by atoms with Gasteiger partial charge in [0, 0.05) is 19.6 Å². The van der Waals surface area contributed by atoms with E-state index in [0.29, 0.717) is 13.0 Å². The zero-order chi connectivity index (χ0) is 18.2. The number of piperidine rings is 1. The molecule has 0 radical (unpaired) electrons. The van der Waals surface area contributed by atoms with Crippen molar-refractivity contribution in [2.24, 2.45) is 0 Å². The molecule has 0 unspecified atom stereocenters. The standard InChI is InChI=1S/C23H27NO2/c1-2-26-22(25)15-18-24-16-13-21(14-17-24)23(19-9-5-3-6-10-19)20-11-7-4-8-12-20/h3-12H,2,13-18H2,1H3. The van der Waals surface area contributed by atoms with Crippen molar-refractivity contribution in [2.75, 3.05) is 26.2 Å². The molecule has 0 saturated carbocycles. The van der Waals surface area contributed by atoms with Crippen molar-refractivity contribution in [2.45, 2.75) is 26.2 Å². The van der Waals surface area contributed by atoms with E-state index in [9.17, 15) is 4.79 Å². The van der Waals surface area contributed by atoms with Crippen LogP contribution in [0.25, 0.3) is 5.57 Å². The summed E-state index contributed by atoms with van der Waals surface area (Å²) in [5.41, 5.74) is 5.45. The van der Waals surface area contributed by atoms with Crippen LogP contribution in [0.4, 0.5) is 0 Å². The quantitative estimate of drug-likeness (QED) is 0.717. The van der Waals surface area contributed by atoms with E-state index in [1.54, 1.807) is 0 Å². The van der Waals surface area contributed by atoms with Crippen LogP contribution in [0.3, 0.4) is 0 Å². The lowest BCUT2D eigenvalue weighted by Crippen LogP contribution is -2.33. The molecular formula is C23H27NO2. The van der Waals surface area contributed by atoms with Gasteiger partial charge in [-0.3, -0.25) is 4.79 Å². The molecule has 1 fully saturated rings. The van der Waals surface area contributed by atoms with Crippen LogP contribution in [0.15, 0.2) is 66.2 Å². The lowest BCUT2D eigenvalue weighted by Gasteiger charge is -2.30. The van der Waals surface area contributed by atoms with Crippen molar-refractivity contribution in [3.05, 3.63) is 77.4 Å². The molecule has 0 bridgehead atoms. The summed E-state index contributed by atoms with van der Waals surface area (Å²) in [6, 6.07) is 21.3. The van der Waals surface area contributed by atoms with Crippen molar-refractivity contribution in [3.8, 4) is 0 Å². The topological polar surface area (TPSA) is 29.5 Å². The number of carbonyl (C=O) groups excluding carboxylic acids is 1. The average Bonchev–Trinajstić information content (AvgIpc) is 2.69. The van der Waals surface area contributed by atoms with Crippen molar-refractivity contribution >= 4 is 11.5 Å². The Morgan fingerprint density at radius 3 is 1.96 bits per heavy atom. The van der Waals surface area contributed by atoms with E-state index in [1.165, 1.54) is 22.3 Å². The summed E-state index contributed by atoms with van der Waals surface area (Å²) in [4.78, 5) is 13.9. The number of benzene rings is 2. The highest BCUT2D eigenvalue weighted by atomic mass is 16.5. The predicted molar refractivity (Wildman–Crippen MR) is 106 cm³/mol. The lowest BCUT2D eigenvalue weighted by molar-refractivity contribution is -0.143. The van der Waals surface area contributed by atoms with E-state index in [-0.39, 0.29) is 5.97 Å². The Morgan fingerprint density at radius 1 is 0.923 bits per heavy atom. The van der Waals surface area contributed by atoms with Gasteiger partial charge in [0.25, 0.3) is 0 Å². The number of ether oxygens (including phenoxy) is 1. The summed E-state index contributed by atoms with van der Waals surface area (Å²) >= 11 is 0. The number of nitrogens with zero attached hydrogens (tertiary/aromatic N) is 1. The Labute approximate surface area is 156 Å². The minimum atomic E-state index is -0.0944. The second-order valence-electron chi connectivity index (χ2n) is 6.61. The monoisotopic (exact) mass is 349 g/mol. The van der Waals surface area contributed by atoms with E-state index >= 15 is 0 Å². The summed E-state index contributed by atoms with van der Waals surface area (Å²) < 4.78 is 5.03. The first-order valence-corrected chi connectivity index (χ1v) is 9.48. The molecule has 136 valence electrons. The molecule has 1 aliphatic heterocycles. The van der Waals surface area contributed by atoms with E-state index < -0.39 is 0 Å². The first kappa shape index (κ1) is 18.4. The van der Waals surface area contributed by atoms with Gasteiger partial charge in [0.2, 0.25) is 0 Å². The van der Waals surface area contributed by atoms with Crippen molar-refractivity contribution in [1.82, 2.24) is 4.90 Å². The van der Waals surface area contributed by atoms with Gasteiger partial charge in [-0.25, -0.2) is 0 Å². The fourth-order valence-corrected chi connectivity index (χ4v) is 3.56. The highest BCUT2D eigenvalue weighted by molar-refractivity contribution is 5.82. The molecule has 3 nitrogen and oxygen atoms in total. The fraction of sp³-hybridized carbons (Fsp3) is 0.348. The lowest BCUT2D eigenvalue weighted by atomic mass is 9.88. The molecule has 2 aromatic rings. The Kier molecular flexibility index (Phi) is 6.62. The van der Waals surface area contributed by atoms with Crippen LogP contribution >= 0.6 is 0 Å². The molecule has 0 spiro atoms. The predicted octanol–water partition coefficient (Wildman–Crippen LogP) is 4.54. The molecule has 0 aliphatic carbocycles. The third-order valence-corrected chi connectivity index (χ3v) is 4.88. The van der Waals surface area contributed by atoms with Crippen LogP contribution in [0.2, 0.25) is 0 Å². The van der Waals surface area contributed by atoms with Crippen LogP contribution in [0.1, 0.15) is 37.3 Å². The second kappa shape index (κ2) is 9.35. The van der Waals surface area contributed by atoms with Gasteiger partial charge < -0.3 is 9.64 Å². The summed E-state index contributed by atoms with van der Waals surface area (Å²) in [6.07, 6.45) is 2.57.